The number of amides is 1. The Kier molecular flexibility index (Phi) is 4.31. The first-order chi connectivity index (χ1) is 14.2. The van der Waals surface area contributed by atoms with Crippen molar-refractivity contribution >= 4 is 27.8 Å². The SMILES string of the molecule is COc1cccc2cc(C(=O)N3CCC(Oc4cccc5cccnc45)C3)oc12. The molecule has 0 N–H and O–H groups in total. The molecule has 6 nitrogen and oxygen atoms in total. The minimum Gasteiger partial charge on any atom is -0.493 e. The largest absolute Gasteiger partial charge is 0.493 e. The second kappa shape index (κ2) is 7.13. The van der Waals surface area contributed by atoms with E-state index in [4.69, 9.17) is 13.9 Å². The van der Waals surface area contributed by atoms with E-state index in [-0.39, 0.29) is 12.0 Å². The van der Waals surface area contributed by atoms with Gasteiger partial charge in [0, 0.05) is 29.9 Å². The summed E-state index contributed by atoms with van der Waals surface area (Å²) in [5.74, 6) is 1.55. The molecule has 29 heavy (non-hydrogen) atoms. The molecular formula is C23H20N2O4. The maximum Gasteiger partial charge on any atom is 0.289 e. The first-order valence-electron chi connectivity index (χ1n) is 9.59. The van der Waals surface area contributed by atoms with Crippen LogP contribution in [0.15, 0.2) is 65.2 Å². The summed E-state index contributed by atoms with van der Waals surface area (Å²) in [4.78, 5) is 19.2. The van der Waals surface area contributed by atoms with Gasteiger partial charge in [-0.1, -0.05) is 30.3 Å². The molecule has 2 aromatic heterocycles. The van der Waals surface area contributed by atoms with Crippen molar-refractivity contribution in [1.29, 1.82) is 0 Å². The molecule has 3 heterocycles. The fourth-order valence-corrected chi connectivity index (χ4v) is 3.82. The molecule has 1 saturated heterocycles. The Hall–Kier alpha value is -3.54. The molecule has 1 amide bonds. The molecule has 2 aromatic carbocycles. The smallest absolute Gasteiger partial charge is 0.289 e. The highest BCUT2D eigenvalue weighted by Crippen LogP contribution is 2.30. The van der Waals surface area contributed by atoms with Gasteiger partial charge in [0.05, 0.1) is 13.7 Å². The summed E-state index contributed by atoms with van der Waals surface area (Å²) in [6.45, 7) is 1.13. The van der Waals surface area contributed by atoms with Crippen LogP contribution < -0.4 is 9.47 Å². The second-order valence-electron chi connectivity index (χ2n) is 7.10. The monoisotopic (exact) mass is 388 g/mol. The highest BCUT2D eigenvalue weighted by Gasteiger charge is 2.30. The van der Waals surface area contributed by atoms with Crippen molar-refractivity contribution in [3.8, 4) is 11.5 Å². The number of carbonyl (C=O) groups is 1. The minimum absolute atomic E-state index is 0.0783. The van der Waals surface area contributed by atoms with E-state index in [9.17, 15) is 4.79 Å². The molecule has 6 heteroatoms. The molecule has 1 aliphatic rings. The van der Waals surface area contributed by atoms with Gasteiger partial charge in [-0.15, -0.1) is 0 Å². The van der Waals surface area contributed by atoms with Crippen LogP contribution in [-0.4, -0.2) is 42.1 Å². The van der Waals surface area contributed by atoms with E-state index in [2.05, 4.69) is 4.98 Å². The Balaban J connectivity index is 1.33. The van der Waals surface area contributed by atoms with Crippen molar-refractivity contribution in [2.75, 3.05) is 20.2 Å². The Labute approximate surface area is 167 Å². The number of benzene rings is 2. The second-order valence-corrected chi connectivity index (χ2v) is 7.10. The summed E-state index contributed by atoms with van der Waals surface area (Å²) in [5.41, 5.74) is 1.43. The van der Waals surface area contributed by atoms with E-state index in [0.717, 1.165) is 28.5 Å². The third kappa shape index (κ3) is 3.16. The highest BCUT2D eigenvalue weighted by molar-refractivity contribution is 5.97. The van der Waals surface area contributed by atoms with Crippen LogP contribution in [0.25, 0.3) is 21.9 Å². The van der Waals surface area contributed by atoms with Crippen LogP contribution in [-0.2, 0) is 0 Å². The summed E-state index contributed by atoms with van der Waals surface area (Å²) < 4.78 is 17.3. The molecular weight excluding hydrogens is 368 g/mol. The zero-order valence-corrected chi connectivity index (χ0v) is 16.0. The lowest BCUT2D eigenvalue weighted by Crippen LogP contribution is -2.30. The summed E-state index contributed by atoms with van der Waals surface area (Å²) in [6, 6.07) is 17.2. The van der Waals surface area contributed by atoms with Crippen molar-refractivity contribution in [2.24, 2.45) is 0 Å². The predicted octanol–water partition coefficient (Wildman–Crippen LogP) is 4.28. The van der Waals surface area contributed by atoms with Crippen LogP contribution in [0.2, 0.25) is 0 Å². The number of para-hydroxylation sites is 2. The normalized spacial score (nSPS) is 16.4. The number of rotatable bonds is 4. The van der Waals surface area contributed by atoms with Crippen molar-refractivity contribution < 1.29 is 18.7 Å². The van der Waals surface area contributed by atoms with Gasteiger partial charge in [-0.25, -0.2) is 0 Å². The first-order valence-corrected chi connectivity index (χ1v) is 9.59. The number of fused-ring (bicyclic) bond motifs is 2. The topological polar surface area (TPSA) is 64.8 Å². The number of aromatic nitrogens is 1. The van der Waals surface area contributed by atoms with Gasteiger partial charge < -0.3 is 18.8 Å². The molecule has 0 radical (unpaired) electrons. The van der Waals surface area contributed by atoms with Crippen LogP contribution in [0.4, 0.5) is 0 Å². The van der Waals surface area contributed by atoms with Gasteiger partial charge in [0.2, 0.25) is 0 Å². The average molecular weight is 388 g/mol. The van der Waals surface area contributed by atoms with Crippen molar-refractivity contribution in [2.45, 2.75) is 12.5 Å². The zero-order valence-electron chi connectivity index (χ0n) is 16.0. The molecule has 1 unspecified atom stereocenters. The molecule has 0 bridgehead atoms. The maximum atomic E-state index is 13.0. The molecule has 0 spiro atoms. The fraction of sp³-hybridized carbons (Fsp3) is 0.217. The molecule has 0 aliphatic carbocycles. The van der Waals surface area contributed by atoms with E-state index in [1.807, 2.05) is 48.5 Å². The lowest BCUT2D eigenvalue weighted by Gasteiger charge is -2.17. The number of carbonyl (C=O) groups excluding carboxylic acids is 1. The number of nitrogens with zero attached hydrogens (tertiary/aromatic N) is 2. The number of furan rings is 1. The van der Waals surface area contributed by atoms with Gasteiger partial charge in [-0.05, 0) is 24.3 Å². The number of hydrogen-bond donors (Lipinski definition) is 0. The molecule has 4 aromatic rings. The summed E-state index contributed by atoms with van der Waals surface area (Å²) >= 11 is 0. The Bertz CT molecular complexity index is 1190. The maximum absolute atomic E-state index is 13.0. The third-order valence-corrected chi connectivity index (χ3v) is 5.26. The van der Waals surface area contributed by atoms with Gasteiger partial charge in [0.1, 0.15) is 17.4 Å². The minimum atomic E-state index is -0.134. The average Bonchev–Trinajstić information content (AvgIpc) is 3.40. The summed E-state index contributed by atoms with van der Waals surface area (Å²) in [5, 5.41) is 1.88. The first kappa shape index (κ1) is 17.6. The van der Waals surface area contributed by atoms with Gasteiger partial charge in [-0.2, -0.15) is 0 Å². The number of pyridine rings is 1. The molecule has 1 atom stereocenters. The van der Waals surface area contributed by atoms with E-state index < -0.39 is 0 Å². The van der Waals surface area contributed by atoms with Crippen molar-refractivity contribution in [3.05, 3.63) is 66.6 Å². The van der Waals surface area contributed by atoms with E-state index in [1.165, 1.54) is 0 Å². The third-order valence-electron chi connectivity index (χ3n) is 5.26. The van der Waals surface area contributed by atoms with Crippen LogP contribution in [0.1, 0.15) is 17.0 Å². The molecule has 5 rings (SSSR count). The van der Waals surface area contributed by atoms with Crippen LogP contribution in [0.5, 0.6) is 11.5 Å². The summed E-state index contributed by atoms with van der Waals surface area (Å²) in [7, 11) is 1.59. The Morgan fingerprint density at radius 1 is 1.10 bits per heavy atom. The van der Waals surface area contributed by atoms with Crippen molar-refractivity contribution in [3.63, 3.8) is 0 Å². The fourth-order valence-electron chi connectivity index (χ4n) is 3.82. The quantitative estimate of drug-likeness (QED) is 0.522. The molecule has 1 aliphatic heterocycles. The lowest BCUT2D eigenvalue weighted by molar-refractivity contribution is 0.0743. The summed E-state index contributed by atoms with van der Waals surface area (Å²) in [6.07, 6.45) is 2.44. The van der Waals surface area contributed by atoms with Gasteiger partial charge >= 0.3 is 0 Å². The molecule has 0 saturated carbocycles. The number of ether oxygens (including phenoxy) is 2. The lowest BCUT2D eigenvalue weighted by atomic mass is 10.2. The van der Waals surface area contributed by atoms with Crippen molar-refractivity contribution in [1.82, 2.24) is 9.88 Å². The van der Waals surface area contributed by atoms with E-state index in [0.29, 0.717) is 30.2 Å². The number of methoxy groups -OCH3 is 1. The zero-order chi connectivity index (χ0) is 19.8. The number of hydrogen-bond acceptors (Lipinski definition) is 5. The molecule has 1 fully saturated rings. The van der Waals surface area contributed by atoms with Gasteiger partial charge in [-0.3, -0.25) is 9.78 Å². The Morgan fingerprint density at radius 3 is 2.76 bits per heavy atom. The van der Waals surface area contributed by atoms with Crippen LogP contribution in [0, 0.1) is 0 Å². The van der Waals surface area contributed by atoms with E-state index in [1.54, 1.807) is 24.3 Å². The standard InChI is InChI=1S/C23H20N2O4/c1-27-19-9-3-6-16-13-20(29-22(16)19)23(26)25-12-10-17(14-25)28-18-8-2-5-15-7-4-11-24-21(15)18/h2-9,11,13,17H,10,12,14H2,1H3. The molecule has 146 valence electrons. The van der Waals surface area contributed by atoms with Gasteiger partial charge in [0.25, 0.3) is 5.91 Å². The Morgan fingerprint density at radius 2 is 1.90 bits per heavy atom. The highest BCUT2D eigenvalue weighted by atomic mass is 16.5. The van der Waals surface area contributed by atoms with Crippen LogP contribution >= 0.6 is 0 Å². The van der Waals surface area contributed by atoms with Crippen LogP contribution in [0.3, 0.4) is 0 Å². The van der Waals surface area contributed by atoms with E-state index >= 15 is 0 Å². The predicted molar refractivity (Wildman–Crippen MR) is 109 cm³/mol. The number of likely N-dealkylation sites (tertiary alicyclic amines) is 1. The van der Waals surface area contributed by atoms with Gasteiger partial charge in [0.15, 0.2) is 17.1 Å².